The number of piperidine rings is 1. The fourth-order valence-corrected chi connectivity index (χ4v) is 3.28. The van der Waals surface area contributed by atoms with Crippen molar-refractivity contribution >= 4 is 5.91 Å². The summed E-state index contributed by atoms with van der Waals surface area (Å²) >= 11 is 0. The second-order valence-corrected chi connectivity index (χ2v) is 6.00. The Labute approximate surface area is 111 Å². The van der Waals surface area contributed by atoms with E-state index in [1.165, 1.54) is 51.4 Å². The van der Waals surface area contributed by atoms with Crippen molar-refractivity contribution in [2.75, 3.05) is 19.6 Å². The lowest BCUT2D eigenvalue weighted by Crippen LogP contribution is -2.47. The molecule has 1 N–H and O–H groups in total. The van der Waals surface area contributed by atoms with E-state index in [1.54, 1.807) is 0 Å². The van der Waals surface area contributed by atoms with Gasteiger partial charge in [0.05, 0.1) is 6.04 Å². The molecule has 2 aliphatic rings. The van der Waals surface area contributed by atoms with Gasteiger partial charge in [0.15, 0.2) is 0 Å². The van der Waals surface area contributed by atoms with Crippen LogP contribution in [0.2, 0.25) is 0 Å². The van der Waals surface area contributed by atoms with Gasteiger partial charge < -0.3 is 10.2 Å². The van der Waals surface area contributed by atoms with Crippen LogP contribution in [0.4, 0.5) is 0 Å². The van der Waals surface area contributed by atoms with Crippen molar-refractivity contribution in [1.82, 2.24) is 10.2 Å². The molecule has 1 saturated heterocycles. The van der Waals surface area contributed by atoms with Crippen LogP contribution in [-0.2, 0) is 4.79 Å². The molecule has 1 atom stereocenters. The van der Waals surface area contributed by atoms with Crippen molar-refractivity contribution in [3.63, 3.8) is 0 Å². The third kappa shape index (κ3) is 3.98. The van der Waals surface area contributed by atoms with Crippen molar-refractivity contribution in [3.8, 4) is 0 Å². The Balaban J connectivity index is 1.63. The van der Waals surface area contributed by atoms with Gasteiger partial charge in [-0.05, 0) is 45.1 Å². The summed E-state index contributed by atoms with van der Waals surface area (Å²) in [6.07, 6.45) is 10.5. The SMILES string of the molecule is CC(NCCC1CCCC1)C(=O)N1CCCCC1. The molecule has 1 aliphatic heterocycles. The molecule has 1 unspecified atom stereocenters. The minimum atomic E-state index is 0.00417. The summed E-state index contributed by atoms with van der Waals surface area (Å²) in [7, 11) is 0. The van der Waals surface area contributed by atoms with Gasteiger partial charge in [0.1, 0.15) is 0 Å². The molecule has 0 aromatic carbocycles. The molecule has 18 heavy (non-hydrogen) atoms. The molecule has 1 saturated carbocycles. The number of nitrogens with one attached hydrogen (secondary N) is 1. The van der Waals surface area contributed by atoms with E-state index in [1.807, 2.05) is 11.8 Å². The number of carbonyl (C=O) groups excluding carboxylic acids is 1. The van der Waals surface area contributed by atoms with Crippen LogP contribution in [0.15, 0.2) is 0 Å². The summed E-state index contributed by atoms with van der Waals surface area (Å²) < 4.78 is 0. The first kappa shape index (κ1) is 13.9. The maximum atomic E-state index is 12.2. The number of carbonyl (C=O) groups is 1. The van der Waals surface area contributed by atoms with Gasteiger partial charge in [-0.15, -0.1) is 0 Å². The highest BCUT2D eigenvalue weighted by Gasteiger charge is 2.22. The first-order chi connectivity index (χ1) is 8.77. The molecular weight excluding hydrogens is 224 g/mol. The minimum absolute atomic E-state index is 0.00417. The lowest BCUT2D eigenvalue weighted by molar-refractivity contribution is -0.133. The van der Waals surface area contributed by atoms with Gasteiger partial charge in [-0.25, -0.2) is 0 Å². The smallest absolute Gasteiger partial charge is 0.239 e. The van der Waals surface area contributed by atoms with E-state index in [2.05, 4.69) is 5.32 Å². The molecule has 104 valence electrons. The zero-order chi connectivity index (χ0) is 12.8. The fraction of sp³-hybridized carbons (Fsp3) is 0.933. The first-order valence-corrected chi connectivity index (χ1v) is 7.79. The van der Waals surface area contributed by atoms with Gasteiger partial charge in [0.2, 0.25) is 5.91 Å². The average Bonchev–Trinajstić information content (AvgIpc) is 2.92. The topological polar surface area (TPSA) is 32.3 Å². The van der Waals surface area contributed by atoms with Gasteiger partial charge in [-0.2, -0.15) is 0 Å². The monoisotopic (exact) mass is 252 g/mol. The van der Waals surface area contributed by atoms with E-state index in [9.17, 15) is 4.79 Å². The molecular formula is C15H28N2O. The highest BCUT2D eigenvalue weighted by Crippen LogP contribution is 2.26. The molecule has 2 fully saturated rings. The maximum absolute atomic E-state index is 12.2. The average molecular weight is 252 g/mol. The Morgan fingerprint density at radius 3 is 2.50 bits per heavy atom. The van der Waals surface area contributed by atoms with Gasteiger partial charge in [0.25, 0.3) is 0 Å². The predicted molar refractivity (Wildman–Crippen MR) is 74.5 cm³/mol. The summed E-state index contributed by atoms with van der Waals surface area (Å²) in [4.78, 5) is 14.2. The lowest BCUT2D eigenvalue weighted by Gasteiger charge is -2.29. The van der Waals surface area contributed by atoms with Crippen LogP contribution in [0, 0.1) is 5.92 Å². The number of likely N-dealkylation sites (tertiary alicyclic amines) is 1. The Bertz CT molecular complexity index is 255. The second kappa shape index (κ2) is 7.13. The quantitative estimate of drug-likeness (QED) is 0.815. The van der Waals surface area contributed by atoms with Crippen LogP contribution in [0.3, 0.4) is 0 Å². The number of hydrogen-bond donors (Lipinski definition) is 1. The normalized spacial score (nSPS) is 23.3. The molecule has 0 spiro atoms. The first-order valence-electron chi connectivity index (χ1n) is 7.79. The van der Waals surface area contributed by atoms with E-state index in [0.717, 1.165) is 25.6 Å². The molecule has 0 bridgehead atoms. The fourth-order valence-electron chi connectivity index (χ4n) is 3.28. The highest BCUT2D eigenvalue weighted by atomic mass is 16.2. The number of hydrogen-bond acceptors (Lipinski definition) is 2. The summed E-state index contributed by atoms with van der Waals surface area (Å²) in [5.74, 6) is 1.22. The standard InChI is InChI=1S/C15H28N2O/c1-13(15(18)17-11-5-2-6-12-17)16-10-9-14-7-3-4-8-14/h13-14,16H,2-12H2,1H3. The van der Waals surface area contributed by atoms with E-state index in [4.69, 9.17) is 0 Å². The molecule has 1 aliphatic carbocycles. The third-order valence-corrected chi connectivity index (χ3v) is 4.52. The number of rotatable bonds is 5. The summed E-state index contributed by atoms with van der Waals surface area (Å²) in [6.45, 7) is 4.96. The number of amides is 1. The van der Waals surface area contributed by atoms with Crippen LogP contribution in [0.1, 0.15) is 58.3 Å². The van der Waals surface area contributed by atoms with E-state index in [0.29, 0.717) is 5.91 Å². The van der Waals surface area contributed by atoms with Gasteiger partial charge in [-0.1, -0.05) is 25.7 Å². The number of nitrogens with zero attached hydrogens (tertiary/aromatic N) is 1. The molecule has 3 nitrogen and oxygen atoms in total. The Morgan fingerprint density at radius 2 is 1.83 bits per heavy atom. The van der Waals surface area contributed by atoms with Crippen molar-refractivity contribution in [3.05, 3.63) is 0 Å². The van der Waals surface area contributed by atoms with Crippen molar-refractivity contribution in [1.29, 1.82) is 0 Å². The summed E-state index contributed by atoms with van der Waals surface area (Å²) in [5, 5.41) is 3.42. The molecule has 0 aromatic heterocycles. The van der Waals surface area contributed by atoms with E-state index in [-0.39, 0.29) is 6.04 Å². The van der Waals surface area contributed by atoms with Crippen LogP contribution < -0.4 is 5.32 Å². The van der Waals surface area contributed by atoms with Gasteiger partial charge in [0, 0.05) is 13.1 Å². The van der Waals surface area contributed by atoms with Crippen molar-refractivity contribution < 1.29 is 4.79 Å². The van der Waals surface area contributed by atoms with E-state index < -0.39 is 0 Å². The van der Waals surface area contributed by atoms with Crippen LogP contribution in [-0.4, -0.2) is 36.5 Å². The van der Waals surface area contributed by atoms with Gasteiger partial charge >= 0.3 is 0 Å². The predicted octanol–water partition coefficient (Wildman–Crippen LogP) is 2.56. The van der Waals surface area contributed by atoms with Crippen LogP contribution in [0.25, 0.3) is 0 Å². The van der Waals surface area contributed by atoms with Crippen molar-refractivity contribution in [2.24, 2.45) is 5.92 Å². The second-order valence-electron chi connectivity index (χ2n) is 6.00. The van der Waals surface area contributed by atoms with E-state index >= 15 is 0 Å². The van der Waals surface area contributed by atoms with Crippen LogP contribution >= 0.6 is 0 Å². The Kier molecular flexibility index (Phi) is 5.48. The van der Waals surface area contributed by atoms with Crippen LogP contribution in [0.5, 0.6) is 0 Å². The third-order valence-electron chi connectivity index (χ3n) is 4.52. The highest BCUT2D eigenvalue weighted by molar-refractivity contribution is 5.81. The zero-order valence-corrected chi connectivity index (χ0v) is 11.8. The Hall–Kier alpha value is -0.570. The summed E-state index contributed by atoms with van der Waals surface area (Å²) in [5.41, 5.74) is 0. The maximum Gasteiger partial charge on any atom is 0.239 e. The molecule has 3 heteroatoms. The van der Waals surface area contributed by atoms with Gasteiger partial charge in [-0.3, -0.25) is 4.79 Å². The largest absolute Gasteiger partial charge is 0.341 e. The minimum Gasteiger partial charge on any atom is -0.341 e. The Morgan fingerprint density at radius 1 is 1.17 bits per heavy atom. The molecule has 1 heterocycles. The van der Waals surface area contributed by atoms with Crippen molar-refractivity contribution in [2.45, 2.75) is 64.3 Å². The lowest BCUT2D eigenvalue weighted by atomic mass is 10.0. The molecule has 2 rings (SSSR count). The molecule has 0 aromatic rings. The summed E-state index contributed by atoms with van der Waals surface area (Å²) in [6, 6.07) is 0.00417. The molecule has 1 amide bonds. The zero-order valence-electron chi connectivity index (χ0n) is 11.8. The molecule has 0 radical (unpaired) electrons.